The molecule has 0 radical (unpaired) electrons. The summed E-state index contributed by atoms with van der Waals surface area (Å²) in [5.74, 6) is 0. The highest BCUT2D eigenvalue weighted by molar-refractivity contribution is 5.78. The highest BCUT2D eigenvalue weighted by Gasteiger charge is 2.00. The lowest BCUT2D eigenvalue weighted by Gasteiger charge is -2.11. The second-order valence-electron chi connectivity index (χ2n) is 4.68. The maximum absolute atomic E-state index is 7.94. The number of nitrogens with zero attached hydrogens (tertiary/aromatic N) is 1. The number of hydrogen-bond acceptors (Lipinski definition) is 1. The standard InChI is InChI=1S/C17H16N2/c18-16-11-13-19(17-9-5-4-8-15(16)17)12-10-14-6-2-1-3-7-14/h1-9,11,13,18H,10,12H2. The van der Waals surface area contributed by atoms with Gasteiger partial charge >= 0.3 is 0 Å². The molecule has 0 spiro atoms. The summed E-state index contributed by atoms with van der Waals surface area (Å²) in [6.45, 7) is 0.935. The molecule has 2 aromatic carbocycles. The van der Waals surface area contributed by atoms with Crippen molar-refractivity contribution in [2.24, 2.45) is 0 Å². The third-order valence-corrected chi connectivity index (χ3v) is 3.41. The summed E-state index contributed by atoms with van der Waals surface area (Å²) in [6.07, 6.45) is 3.01. The van der Waals surface area contributed by atoms with Gasteiger partial charge in [-0.3, -0.25) is 0 Å². The lowest BCUT2D eigenvalue weighted by molar-refractivity contribution is 0.715. The van der Waals surface area contributed by atoms with Gasteiger partial charge in [-0.15, -0.1) is 0 Å². The minimum absolute atomic E-state index is 0.589. The van der Waals surface area contributed by atoms with Crippen LogP contribution in [-0.4, -0.2) is 4.57 Å². The number of aromatic nitrogens is 1. The Bertz CT molecular complexity index is 742. The van der Waals surface area contributed by atoms with Crippen LogP contribution in [0.4, 0.5) is 0 Å². The molecule has 0 aliphatic rings. The van der Waals surface area contributed by atoms with E-state index in [-0.39, 0.29) is 0 Å². The van der Waals surface area contributed by atoms with Crippen molar-refractivity contribution in [1.82, 2.24) is 4.57 Å². The summed E-state index contributed by atoms with van der Waals surface area (Å²) in [5.41, 5.74) is 2.47. The molecule has 0 aliphatic heterocycles. The second-order valence-corrected chi connectivity index (χ2v) is 4.68. The van der Waals surface area contributed by atoms with Crippen LogP contribution in [0.5, 0.6) is 0 Å². The van der Waals surface area contributed by atoms with Crippen LogP contribution in [0.2, 0.25) is 0 Å². The molecule has 0 bridgehead atoms. The topological polar surface area (TPSA) is 28.8 Å². The Morgan fingerprint density at radius 1 is 0.842 bits per heavy atom. The Balaban J connectivity index is 1.94. The largest absolute Gasteiger partial charge is 0.347 e. The summed E-state index contributed by atoms with van der Waals surface area (Å²) in [4.78, 5) is 0. The lowest BCUT2D eigenvalue weighted by atomic mass is 10.1. The van der Waals surface area contributed by atoms with Gasteiger partial charge < -0.3 is 9.98 Å². The number of hydrogen-bond donors (Lipinski definition) is 1. The Hall–Kier alpha value is -2.35. The van der Waals surface area contributed by atoms with Crippen LogP contribution in [0.3, 0.4) is 0 Å². The van der Waals surface area contributed by atoms with Crippen LogP contribution in [-0.2, 0) is 13.0 Å². The molecule has 0 amide bonds. The van der Waals surface area contributed by atoms with E-state index in [2.05, 4.69) is 34.9 Å². The smallest absolute Gasteiger partial charge is 0.0647 e. The van der Waals surface area contributed by atoms with Gasteiger partial charge in [-0.1, -0.05) is 48.5 Å². The van der Waals surface area contributed by atoms with Crippen molar-refractivity contribution in [3.63, 3.8) is 0 Å². The molecule has 1 heterocycles. The van der Waals surface area contributed by atoms with E-state index in [1.807, 2.05) is 36.5 Å². The van der Waals surface area contributed by atoms with E-state index in [0.717, 1.165) is 23.9 Å². The van der Waals surface area contributed by atoms with Crippen LogP contribution in [0.25, 0.3) is 10.9 Å². The van der Waals surface area contributed by atoms with E-state index in [1.165, 1.54) is 5.56 Å². The van der Waals surface area contributed by atoms with Crippen molar-refractivity contribution in [2.75, 3.05) is 0 Å². The number of rotatable bonds is 3. The van der Waals surface area contributed by atoms with E-state index >= 15 is 0 Å². The van der Waals surface area contributed by atoms with Gasteiger partial charge in [0.25, 0.3) is 0 Å². The molecule has 19 heavy (non-hydrogen) atoms. The Morgan fingerprint density at radius 3 is 2.42 bits per heavy atom. The quantitative estimate of drug-likeness (QED) is 0.736. The summed E-state index contributed by atoms with van der Waals surface area (Å²) < 4.78 is 2.22. The maximum Gasteiger partial charge on any atom is 0.0647 e. The fraction of sp³-hybridized carbons (Fsp3) is 0.118. The monoisotopic (exact) mass is 248 g/mol. The molecular formula is C17H16N2. The van der Waals surface area contributed by atoms with Crippen LogP contribution >= 0.6 is 0 Å². The van der Waals surface area contributed by atoms with Crippen molar-refractivity contribution in [1.29, 1.82) is 5.41 Å². The molecule has 3 aromatic rings. The highest BCUT2D eigenvalue weighted by atomic mass is 14.9. The first kappa shape index (κ1) is 11.7. The first-order valence-electron chi connectivity index (χ1n) is 6.51. The molecule has 1 N–H and O–H groups in total. The minimum Gasteiger partial charge on any atom is -0.347 e. The van der Waals surface area contributed by atoms with Gasteiger partial charge in [0.05, 0.1) is 10.9 Å². The third kappa shape index (κ3) is 2.43. The molecule has 0 fully saturated rings. The van der Waals surface area contributed by atoms with Crippen LogP contribution in [0.1, 0.15) is 5.56 Å². The van der Waals surface area contributed by atoms with Gasteiger partial charge in [0.2, 0.25) is 0 Å². The SMILES string of the molecule is N=c1ccn(CCc2ccccc2)c2ccccc12. The summed E-state index contributed by atoms with van der Waals surface area (Å²) in [7, 11) is 0. The molecule has 1 aromatic heterocycles. The normalized spacial score (nSPS) is 10.7. The zero-order valence-corrected chi connectivity index (χ0v) is 10.7. The molecule has 3 rings (SSSR count). The molecule has 0 unspecified atom stereocenters. The van der Waals surface area contributed by atoms with Gasteiger partial charge in [-0.2, -0.15) is 0 Å². The number of para-hydroxylation sites is 1. The van der Waals surface area contributed by atoms with E-state index in [1.54, 1.807) is 0 Å². The summed E-state index contributed by atoms with van der Waals surface area (Å²) in [5, 5.41) is 9.54. The fourth-order valence-corrected chi connectivity index (χ4v) is 2.38. The molecule has 0 atom stereocenters. The van der Waals surface area contributed by atoms with Crippen LogP contribution in [0, 0.1) is 5.41 Å². The molecule has 0 saturated carbocycles. The first-order chi connectivity index (χ1) is 9.34. The zero-order valence-electron chi connectivity index (χ0n) is 10.7. The minimum atomic E-state index is 0.589. The number of benzene rings is 2. The van der Waals surface area contributed by atoms with E-state index in [9.17, 15) is 0 Å². The van der Waals surface area contributed by atoms with E-state index in [4.69, 9.17) is 5.41 Å². The maximum atomic E-state index is 7.94. The van der Waals surface area contributed by atoms with Crippen molar-refractivity contribution in [3.05, 3.63) is 77.8 Å². The molecule has 0 aliphatic carbocycles. The summed E-state index contributed by atoms with van der Waals surface area (Å²) >= 11 is 0. The number of nitrogens with one attached hydrogen (secondary N) is 1. The molecule has 94 valence electrons. The molecular weight excluding hydrogens is 232 g/mol. The van der Waals surface area contributed by atoms with Crippen LogP contribution in [0.15, 0.2) is 66.9 Å². The van der Waals surface area contributed by atoms with E-state index in [0.29, 0.717) is 5.36 Å². The molecule has 2 nitrogen and oxygen atoms in total. The van der Waals surface area contributed by atoms with Crippen molar-refractivity contribution in [3.8, 4) is 0 Å². The van der Waals surface area contributed by atoms with Crippen molar-refractivity contribution < 1.29 is 0 Å². The Kier molecular flexibility index (Phi) is 3.15. The number of pyridine rings is 1. The molecule has 2 heteroatoms. The zero-order chi connectivity index (χ0) is 13.1. The third-order valence-electron chi connectivity index (χ3n) is 3.41. The van der Waals surface area contributed by atoms with Crippen LogP contribution < -0.4 is 5.36 Å². The van der Waals surface area contributed by atoms with Gasteiger partial charge in [0.1, 0.15) is 0 Å². The van der Waals surface area contributed by atoms with E-state index < -0.39 is 0 Å². The number of fused-ring (bicyclic) bond motifs is 1. The Labute approximate surface area is 112 Å². The number of aryl methyl sites for hydroxylation is 2. The lowest BCUT2D eigenvalue weighted by Crippen LogP contribution is -2.09. The second kappa shape index (κ2) is 5.11. The summed E-state index contributed by atoms with van der Waals surface area (Å²) in [6, 6.07) is 20.5. The van der Waals surface area contributed by atoms with Crippen molar-refractivity contribution in [2.45, 2.75) is 13.0 Å². The van der Waals surface area contributed by atoms with Crippen molar-refractivity contribution >= 4 is 10.9 Å². The predicted octanol–water partition coefficient (Wildman–Crippen LogP) is 3.36. The Morgan fingerprint density at radius 2 is 1.58 bits per heavy atom. The highest BCUT2D eigenvalue weighted by Crippen LogP contribution is 2.10. The average Bonchev–Trinajstić information content (AvgIpc) is 2.48. The average molecular weight is 248 g/mol. The van der Waals surface area contributed by atoms with Gasteiger partial charge in [-0.05, 0) is 24.1 Å². The van der Waals surface area contributed by atoms with Gasteiger partial charge in [0.15, 0.2) is 0 Å². The molecule has 0 saturated heterocycles. The van der Waals surface area contributed by atoms with Gasteiger partial charge in [-0.25, -0.2) is 0 Å². The first-order valence-corrected chi connectivity index (χ1v) is 6.51. The van der Waals surface area contributed by atoms with Gasteiger partial charge in [0, 0.05) is 18.1 Å². The predicted molar refractivity (Wildman–Crippen MR) is 77.9 cm³/mol. The fourth-order valence-electron chi connectivity index (χ4n) is 2.38.